The Balaban J connectivity index is 2.02. The maximum Gasteiger partial charge on any atom is 0.0372 e. The van der Waals surface area contributed by atoms with Crippen molar-refractivity contribution in [1.82, 2.24) is 0 Å². The van der Waals surface area contributed by atoms with Crippen LogP contribution in [0.5, 0.6) is 0 Å². The highest BCUT2D eigenvalue weighted by Gasteiger charge is 2.27. The summed E-state index contributed by atoms with van der Waals surface area (Å²) >= 11 is 1.84. The van der Waals surface area contributed by atoms with Crippen LogP contribution in [0.15, 0.2) is 48.6 Å². The molecule has 0 amide bonds. The molecule has 18 heavy (non-hydrogen) atoms. The van der Waals surface area contributed by atoms with Crippen LogP contribution < -0.4 is 5.73 Å². The predicted octanol–water partition coefficient (Wildman–Crippen LogP) is 4.34. The molecule has 1 aromatic heterocycles. The summed E-state index contributed by atoms with van der Waals surface area (Å²) in [7, 11) is 0. The molecule has 1 aromatic carbocycles. The summed E-state index contributed by atoms with van der Waals surface area (Å²) in [6, 6.07) is 6.26. The Kier molecular flexibility index (Phi) is 2.03. The molecule has 2 N–H and O–H groups in total. The van der Waals surface area contributed by atoms with Crippen molar-refractivity contribution in [2.45, 2.75) is 5.92 Å². The first-order valence-corrected chi connectivity index (χ1v) is 7.00. The number of nitrogens with two attached hydrogens (primary N) is 1. The van der Waals surface area contributed by atoms with Crippen LogP contribution in [-0.4, -0.2) is 0 Å². The summed E-state index contributed by atoms with van der Waals surface area (Å²) in [5.41, 5.74) is 8.20. The van der Waals surface area contributed by atoms with Crippen molar-refractivity contribution in [2.75, 3.05) is 5.73 Å². The summed E-state index contributed by atoms with van der Waals surface area (Å²) in [6.07, 6.45) is 13.5. The van der Waals surface area contributed by atoms with Crippen LogP contribution in [0, 0.1) is 5.92 Å². The van der Waals surface area contributed by atoms with E-state index in [2.05, 4.69) is 48.6 Å². The first-order chi connectivity index (χ1) is 8.83. The number of rotatable bonds is 0. The molecule has 1 nitrogen and oxygen atoms in total. The van der Waals surface area contributed by atoms with Gasteiger partial charge in [0, 0.05) is 27.1 Å². The van der Waals surface area contributed by atoms with Crippen molar-refractivity contribution in [3.8, 4) is 0 Å². The Labute approximate surface area is 110 Å². The average molecular weight is 251 g/mol. The van der Waals surface area contributed by atoms with Crippen LogP contribution in [0.1, 0.15) is 16.4 Å². The largest absolute Gasteiger partial charge is 0.399 e. The first-order valence-electron chi connectivity index (χ1n) is 6.18. The number of thiophene rings is 1. The minimum absolute atomic E-state index is 0.493. The topological polar surface area (TPSA) is 26.0 Å². The fourth-order valence-electron chi connectivity index (χ4n) is 2.92. The van der Waals surface area contributed by atoms with Crippen LogP contribution >= 0.6 is 11.3 Å². The number of allylic oxidation sites excluding steroid dienone is 5. The van der Waals surface area contributed by atoms with Gasteiger partial charge >= 0.3 is 0 Å². The summed E-state index contributed by atoms with van der Waals surface area (Å²) in [4.78, 5) is 1.39. The van der Waals surface area contributed by atoms with Gasteiger partial charge in [-0.25, -0.2) is 0 Å². The van der Waals surface area contributed by atoms with Crippen molar-refractivity contribution in [1.29, 1.82) is 0 Å². The van der Waals surface area contributed by atoms with E-state index in [4.69, 9.17) is 5.73 Å². The number of benzene rings is 1. The fourth-order valence-corrected chi connectivity index (χ4v) is 4.14. The van der Waals surface area contributed by atoms with Crippen LogP contribution in [-0.2, 0) is 0 Å². The molecule has 2 aromatic rings. The van der Waals surface area contributed by atoms with E-state index in [0.717, 1.165) is 5.69 Å². The van der Waals surface area contributed by atoms with Gasteiger partial charge in [-0.1, -0.05) is 36.4 Å². The molecule has 2 unspecified atom stereocenters. The van der Waals surface area contributed by atoms with E-state index >= 15 is 0 Å². The lowest BCUT2D eigenvalue weighted by molar-refractivity contribution is 0.700. The second-order valence-corrected chi connectivity index (χ2v) is 5.95. The number of hydrogen-bond acceptors (Lipinski definition) is 2. The van der Waals surface area contributed by atoms with Crippen molar-refractivity contribution in [3.05, 3.63) is 59.0 Å². The summed E-state index contributed by atoms with van der Waals surface area (Å²) in [6.45, 7) is 0. The molecule has 2 aliphatic carbocycles. The monoisotopic (exact) mass is 251 g/mol. The van der Waals surface area contributed by atoms with E-state index in [-0.39, 0.29) is 0 Å². The van der Waals surface area contributed by atoms with Gasteiger partial charge in [-0.3, -0.25) is 0 Å². The van der Waals surface area contributed by atoms with Gasteiger partial charge in [0.2, 0.25) is 0 Å². The fraction of sp³-hybridized carbons (Fsp3) is 0.125. The normalized spacial score (nSPS) is 24.2. The minimum atomic E-state index is 0.493. The summed E-state index contributed by atoms with van der Waals surface area (Å²) in [5, 5.41) is 1.36. The van der Waals surface area contributed by atoms with Gasteiger partial charge in [-0.15, -0.1) is 11.3 Å². The Morgan fingerprint density at radius 3 is 2.89 bits per heavy atom. The highest BCUT2D eigenvalue weighted by atomic mass is 32.1. The standard InChI is InChI=1S/C16H13NS/c17-11-6-7-13-15(9-11)18-14-8-5-10-3-1-2-4-12(10)16(13)14/h1-10,12H,17H2. The molecule has 2 atom stereocenters. The minimum Gasteiger partial charge on any atom is -0.399 e. The van der Waals surface area contributed by atoms with Gasteiger partial charge in [-0.2, -0.15) is 0 Å². The molecule has 0 fully saturated rings. The molecule has 0 spiro atoms. The van der Waals surface area contributed by atoms with Gasteiger partial charge in [0.25, 0.3) is 0 Å². The molecule has 0 aliphatic heterocycles. The van der Waals surface area contributed by atoms with Gasteiger partial charge in [-0.05, 0) is 29.2 Å². The summed E-state index contributed by atoms with van der Waals surface area (Å²) in [5.74, 6) is 1.00. The Bertz CT molecular complexity index is 718. The van der Waals surface area contributed by atoms with E-state index < -0.39 is 0 Å². The van der Waals surface area contributed by atoms with Crippen molar-refractivity contribution < 1.29 is 0 Å². The van der Waals surface area contributed by atoms with Crippen molar-refractivity contribution in [2.24, 2.45) is 5.92 Å². The molecule has 0 bridgehead atoms. The van der Waals surface area contributed by atoms with Crippen molar-refractivity contribution >= 4 is 33.2 Å². The lowest BCUT2D eigenvalue weighted by Crippen LogP contribution is -2.11. The zero-order chi connectivity index (χ0) is 12.1. The highest BCUT2D eigenvalue weighted by molar-refractivity contribution is 7.20. The van der Waals surface area contributed by atoms with Crippen molar-refractivity contribution in [3.63, 3.8) is 0 Å². The summed E-state index contributed by atoms with van der Waals surface area (Å²) < 4.78 is 1.30. The lowest BCUT2D eigenvalue weighted by atomic mass is 9.79. The Hall–Kier alpha value is -1.80. The predicted molar refractivity (Wildman–Crippen MR) is 79.8 cm³/mol. The zero-order valence-electron chi connectivity index (χ0n) is 9.84. The van der Waals surface area contributed by atoms with Gasteiger partial charge in [0.05, 0.1) is 0 Å². The molecule has 0 saturated heterocycles. The number of nitrogen functional groups attached to an aromatic ring is 1. The second-order valence-electron chi connectivity index (χ2n) is 4.87. The molecule has 1 heterocycles. The molecule has 0 radical (unpaired) electrons. The van der Waals surface area contributed by atoms with Gasteiger partial charge in [0.1, 0.15) is 0 Å². The smallest absolute Gasteiger partial charge is 0.0372 e. The molecule has 2 aliphatic rings. The molecular weight excluding hydrogens is 238 g/mol. The highest BCUT2D eigenvalue weighted by Crippen LogP contribution is 2.45. The van der Waals surface area contributed by atoms with Crippen LogP contribution in [0.3, 0.4) is 0 Å². The van der Waals surface area contributed by atoms with Crippen LogP contribution in [0.25, 0.3) is 16.2 Å². The van der Waals surface area contributed by atoms with E-state index in [0.29, 0.717) is 11.8 Å². The van der Waals surface area contributed by atoms with Gasteiger partial charge in [0.15, 0.2) is 0 Å². The Morgan fingerprint density at radius 2 is 1.94 bits per heavy atom. The molecule has 4 rings (SSSR count). The van der Waals surface area contributed by atoms with Crippen LogP contribution in [0.2, 0.25) is 0 Å². The van der Waals surface area contributed by atoms with Gasteiger partial charge < -0.3 is 5.73 Å². The maximum atomic E-state index is 5.88. The number of anilines is 1. The SMILES string of the molecule is Nc1ccc2c3c(sc2c1)C=CC1C=CC=CC31. The zero-order valence-corrected chi connectivity index (χ0v) is 10.7. The second kappa shape index (κ2) is 3.59. The van der Waals surface area contributed by atoms with E-state index in [9.17, 15) is 0 Å². The third-order valence-electron chi connectivity index (χ3n) is 3.76. The first kappa shape index (κ1) is 10.2. The molecule has 2 heteroatoms. The molecule has 88 valence electrons. The average Bonchev–Trinajstić information content (AvgIpc) is 2.76. The van der Waals surface area contributed by atoms with E-state index in [1.807, 2.05) is 17.4 Å². The number of hydrogen-bond donors (Lipinski definition) is 1. The maximum absolute atomic E-state index is 5.88. The quantitative estimate of drug-likeness (QED) is 0.693. The number of fused-ring (bicyclic) bond motifs is 5. The van der Waals surface area contributed by atoms with E-state index in [1.165, 1.54) is 20.5 Å². The van der Waals surface area contributed by atoms with E-state index in [1.54, 1.807) is 0 Å². The molecular formula is C16H13NS. The lowest BCUT2D eigenvalue weighted by Gasteiger charge is -2.25. The van der Waals surface area contributed by atoms with Crippen LogP contribution in [0.4, 0.5) is 5.69 Å². The molecule has 0 saturated carbocycles. The Morgan fingerprint density at radius 1 is 1.06 bits per heavy atom. The third-order valence-corrected chi connectivity index (χ3v) is 4.90. The third kappa shape index (κ3) is 1.33.